The van der Waals surface area contributed by atoms with Gasteiger partial charge in [-0.15, -0.1) is 0 Å². The van der Waals surface area contributed by atoms with E-state index in [0.29, 0.717) is 6.54 Å². The fourth-order valence-corrected chi connectivity index (χ4v) is 2.08. The van der Waals surface area contributed by atoms with Gasteiger partial charge in [0.05, 0.1) is 5.54 Å². The van der Waals surface area contributed by atoms with E-state index in [9.17, 15) is 0 Å². The summed E-state index contributed by atoms with van der Waals surface area (Å²) >= 11 is 3.44. The van der Waals surface area contributed by atoms with Crippen LogP contribution >= 0.6 is 15.9 Å². The van der Waals surface area contributed by atoms with Crippen LogP contribution in [-0.2, 0) is 0 Å². The molecule has 15 heavy (non-hydrogen) atoms. The highest BCUT2D eigenvalue weighted by Crippen LogP contribution is 2.34. The lowest BCUT2D eigenvalue weighted by Gasteiger charge is -2.42. The Morgan fingerprint density at radius 2 is 2.33 bits per heavy atom. The Hall–Kier alpha value is -0.610. The average Bonchev–Trinajstić information content (AvgIpc) is 2.17. The van der Waals surface area contributed by atoms with Gasteiger partial charge in [-0.25, -0.2) is 4.98 Å². The van der Waals surface area contributed by atoms with Crippen molar-refractivity contribution < 1.29 is 0 Å². The van der Waals surface area contributed by atoms with E-state index in [0.717, 1.165) is 23.1 Å². The number of anilines is 1. The van der Waals surface area contributed by atoms with Crippen LogP contribution in [0.25, 0.3) is 0 Å². The van der Waals surface area contributed by atoms with Crippen molar-refractivity contribution in [3.05, 3.63) is 22.3 Å². The number of aryl methyl sites for hydroxylation is 1. The summed E-state index contributed by atoms with van der Waals surface area (Å²) in [4.78, 5) is 4.34. The maximum Gasteiger partial charge on any atom is 0.126 e. The number of aromatic nitrogens is 1. The van der Waals surface area contributed by atoms with E-state index in [1.807, 2.05) is 6.20 Å². The normalized spacial score (nSPS) is 18.3. The molecule has 0 unspecified atom stereocenters. The quantitative estimate of drug-likeness (QED) is 0.887. The number of hydrogen-bond acceptors (Lipinski definition) is 3. The zero-order valence-electron chi connectivity index (χ0n) is 8.89. The zero-order chi connectivity index (χ0) is 10.9. The van der Waals surface area contributed by atoms with Gasteiger partial charge in [0.15, 0.2) is 0 Å². The molecule has 0 radical (unpaired) electrons. The molecule has 0 bridgehead atoms. The Balaban J connectivity index is 2.13. The second-order valence-electron chi connectivity index (χ2n) is 4.28. The van der Waals surface area contributed by atoms with E-state index in [4.69, 9.17) is 5.73 Å². The maximum absolute atomic E-state index is 5.79. The fraction of sp³-hybridized carbons (Fsp3) is 0.545. The topological polar surface area (TPSA) is 50.9 Å². The highest BCUT2D eigenvalue weighted by atomic mass is 79.9. The van der Waals surface area contributed by atoms with Crippen LogP contribution in [0.3, 0.4) is 0 Å². The van der Waals surface area contributed by atoms with Crippen molar-refractivity contribution in [2.75, 3.05) is 11.9 Å². The summed E-state index contributed by atoms with van der Waals surface area (Å²) in [5, 5.41) is 3.45. The van der Waals surface area contributed by atoms with Crippen LogP contribution in [0.5, 0.6) is 0 Å². The third-order valence-corrected chi connectivity index (χ3v) is 3.97. The summed E-state index contributed by atoms with van der Waals surface area (Å²) in [5.41, 5.74) is 7.08. The highest BCUT2D eigenvalue weighted by molar-refractivity contribution is 9.10. The van der Waals surface area contributed by atoms with Crippen LogP contribution in [0.1, 0.15) is 24.8 Å². The van der Waals surface area contributed by atoms with E-state index in [-0.39, 0.29) is 5.54 Å². The number of rotatable bonds is 3. The summed E-state index contributed by atoms with van der Waals surface area (Å²) < 4.78 is 1.04. The van der Waals surface area contributed by atoms with Crippen LogP contribution < -0.4 is 11.1 Å². The van der Waals surface area contributed by atoms with Crippen molar-refractivity contribution >= 4 is 21.7 Å². The van der Waals surface area contributed by atoms with Crippen LogP contribution in [0.2, 0.25) is 0 Å². The number of pyridine rings is 1. The van der Waals surface area contributed by atoms with Gasteiger partial charge >= 0.3 is 0 Å². The van der Waals surface area contributed by atoms with Crippen LogP contribution in [-0.4, -0.2) is 17.1 Å². The molecular formula is C11H16BrN3. The van der Waals surface area contributed by atoms with Gasteiger partial charge < -0.3 is 11.1 Å². The lowest BCUT2D eigenvalue weighted by Crippen LogP contribution is -2.51. The first-order valence-corrected chi connectivity index (χ1v) is 6.05. The molecule has 1 aliphatic carbocycles. The summed E-state index contributed by atoms with van der Waals surface area (Å²) in [7, 11) is 0. The summed E-state index contributed by atoms with van der Waals surface area (Å²) in [6.45, 7) is 2.75. The number of nitrogens with zero attached hydrogens (tertiary/aromatic N) is 1. The van der Waals surface area contributed by atoms with Crippen LogP contribution in [0.15, 0.2) is 16.7 Å². The predicted octanol–water partition coefficient (Wildman–Crippen LogP) is 2.45. The number of nitrogens with two attached hydrogens (primary N) is 1. The Bertz CT molecular complexity index is 355. The van der Waals surface area contributed by atoms with Crippen molar-refractivity contribution in [3.8, 4) is 0 Å². The molecule has 0 amide bonds. The van der Waals surface area contributed by atoms with Gasteiger partial charge in [0.1, 0.15) is 5.82 Å². The summed E-state index contributed by atoms with van der Waals surface area (Å²) in [6.07, 6.45) is 5.40. The van der Waals surface area contributed by atoms with Crippen molar-refractivity contribution in [2.45, 2.75) is 31.7 Å². The molecule has 0 aliphatic heterocycles. The third-order valence-electron chi connectivity index (χ3n) is 3.14. The van der Waals surface area contributed by atoms with E-state index in [1.165, 1.54) is 12.0 Å². The van der Waals surface area contributed by atoms with E-state index in [2.05, 4.69) is 39.2 Å². The molecule has 0 atom stereocenters. The molecule has 3 N–H and O–H groups in total. The minimum absolute atomic E-state index is 0.104. The Kier molecular flexibility index (Phi) is 2.98. The largest absolute Gasteiger partial charge is 0.363 e. The molecule has 82 valence electrons. The molecule has 4 heteroatoms. The molecule has 0 spiro atoms. The Morgan fingerprint density at radius 3 is 2.80 bits per heavy atom. The number of halogens is 1. The van der Waals surface area contributed by atoms with E-state index in [1.54, 1.807) is 0 Å². The molecule has 1 saturated carbocycles. The second-order valence-corrected chi connectivity index (χ2v) is 5.14. The minimum atomic E-state index is 0.104. The molecule has 3 nitrogen and oxygen atoms in total. The molecule has 2 rings (SSSR count). The number of nitrogens with one attached hydrogen (secondary N) is 1. The smallest absolute Gasteiger partial charge is 0.126 e. The molecular weight excluding hydrogens is 254 g/mol. The molecule has 1 aliphatic rings. The molecule has 0 saturated heterocycles. The molecule has 0 aromatic carbocycles. The fourth-order valence-electron chi connectivity index (χ4n) is 1.86. The van der Waals surface area contributed by atoms with Crippen molar-refractivity contribution in [2.24, 2.45) is 5.73 Å². The van der Waals surface area contributed by atoms with Crippen molar-refractivity contribution in [3.63, 3.8) is 0 Å². The first-order valence-electron chi connectivity index (χ1n) is 5.26. The van der Waals surface area contributed by atoms with E-state index >= 15 is 0 Å². The lowest BCUT2D eigenvalue weighted by atomic mass is 9.77. The van der Waals surface area contributed by atoms with E-state index < -0.39 is 0 Å². The monoisotopic (exact) mass is 269 g/mol. The van der Waals surface area contributed by atoms with Crippen LogP contribution in [0.4, 0.5) is 5.82 Å². The van der Waals surface area contributed by atoms with Gasteiger partial charge in [0.25, 0.3) is 0 Å². The average molecular weight is 270 g/mol. The Morgan fingerprint density at radius 1 is 1.60 bits per heavy atom. The Labute approximate surface area is 98.6 Å². The van der Waals surface area contributed by atoms with Gasteiger partial charge in [-0.2, -0.15) is 0 Å². The molecule has 1 aromatic rings. The minimum Gasteiger partial charge on any atom is -0.363 e. The standard InChI is InChI=1S/C11H16BrN3/c1-8-5-10(14-6-9(8)12)15-11(7-13)3-2-4-11/h5-6H,2-4,7,13H2,1H3,(H,14,15). The number of hydrogen-bond donors (Lipinski definition) is 2. The summed E-state index contributed by atoms with van der Waals surface area (Å²) in [6, 6.07) is 2.06. The molecule has 1 fully saturated rings. The predicted molar refractivity (Wildman–Crippen MR) is 65.9 cm³/mol. The van der Waals surface area contributed by atoms with Gasteiger partial charge in [-0.1, -0.05) is 0 Å². The van der Waals surface area contributed by atoms with Gasteiger partial charge in [-0.05, 0) is 53.7 Å². The first kappa shape index (κ1) is 10.9. The zero-order valence-corrected chi connectivity index (χ0v) is 10.5. The first-order chi connectivity index (χ1) is 7.15. The van der Waals surface area contributed by atoms with Crippen molar-refractivity contribution in [1.29, 1.82) is 0 Å². The van der Waals surface area contributed by atoms with Crippen molar-refractivity contribution in [1.82, 2.24) is 4.98 Å². The van der Waals surface area contributed by atoms with Gasteiger partial charge in [0, 0.05) is 17.2 Å². The maximum atomic E-state index is 5.79. The second kappa shape index (κ2) is 4.10. The third kappa shape index (κ3) is 2.16. The summed E-state index contributed by atoms with van der Waals surface area (Å²) in [5.74, 6) is 0.931. The lowest BCUT2D eigenvalue weighted by molar-refractivity contribution is 0.286. The highest BCUT2D eigenvalue weighted by Gasteiger charge is 2.35. The van der Waals surface area contributed by atoms with Gasteiger partial charge in [0.2, 0.25) is 0 Å². The SMILES string of the molecule is Cc1cc(NC2(CN)CCC2)ncc1Br. The molecule has 1 heterocycles. The van der Waals surface area contributed by atoms with Gasteiger partial charge in [-0.3, -0.25) is 0 Å². The molecule has 1 aromatic heterocycles. The van der Waals surface area contributed by atoms with Crippen LogP contribution in [0, 0.1) is 6.92 Å².